The molecule has 0 bridgehead atoms. The highest BCUT2D eigenvalue weighted by Gasteiger charge is 2.20. The van der Waals surface area contributed by atoms with Crippen LogP contribution < -0.4 is 5.32 Å². The molecule has 0 fully saturated rings. The van der Waals surface area contributed by atoms with Crippen LogP contribution in [0, 0.1) is 18.3 Å². The summed E-state index contributed by atoms with van der Waals surface area (Å²) in [5.41, 5.74) is 2.86. The molecule has 0 amide bonds. The topological polar surface area (TPSA) is 12.0 Å². The van der Waals surface area contributed by atoms with Gasteiger partial charge in [-0.25, -0.2) is 0 Å². The fraction of sp³-hybridized carbons (Fsp3) is 0.684. The van der Waals surface area contributed by atoms with E-state index in [9.17, 15) is 0 Å². The van der Waals surface area contributed by atoms with Crippen molar-refractivity contribution in [3.8, 4) is 0 Å². The molecule has 0 aromatic heterocycles. The number of aryl methyl sites for hydroxylation is 1. The smallest absolute Gasteiger partial charge is 0.0438 e. The highest BCUT2D eigenvalue weighted by molar-refractivity contribution is 6.31. The van der Waals surface area contributed by atoms with Crippen LogP contribution in [0.25, 0.3) is 0 Å². The third-order valence-corrected chi connectivity index (χ3v) is 4.25. The van der Waals surface area contributed by atoms with Gasteiger partial charge in [0.2, 0.25) is 0 Å². The van der Waals surface area contributed by atoms with Gasteiger partial charge in [-0.2, -0.15) is 0 Å². The first-order valence-corrected chi connectivity index (χ1v) is 8.60. The summed E-state index contributed by atoms with van der Waals surface area (Å²) in [5.74, 6) is 0.694. The fourth-order valence-electron chi connectivity index (χ4n) is 3.01. The van der Waals surface area contributed by atoms with Gasteiger partial charge in [-0.05, 0) is 61.3 Å². The van der Waals surface area contributed by atoms with E-state index >= 15 is 0 Å². The van der Waals surface area contributed by atoms with E-state index in [1.54, 1.807) is 0 Å². The first-order valence-electron chi connectivity index (χ1n) is 8.22. The van der Waals surface area contributed by atoms with Gasteiger partial charge in [0.25, 0.3) is 0 Å². The Balaban J connectivity index is 2.81. The van der Waals surface area contributed by atoms with Gasteiger partial charge in [-0.15, -0.1) is 0 Å². The maximum atomic E-state index is 6.31. The number of rotatable bonds is 7. The van der Waals surface area contributed by atoms with Gasteiger partial charge in [0, 0.05) is 11.1 Å². The Morgan fingerprint density at radius 3 is 2.43 bits per heavy atom. The third kappa shape index (κ3) is 6.84. The van der Waals surface area contributed by atoms with E-state index in [1.807, 2.05) is 0 Å². The summed E-state index contributed by atoms with van der Waals surface area (Å²) >= 11 is 6.31. The zero-order chi connectivity index (χ0) is 16.0. The highest BCUT2D eigenvalue weighted by atomic mass is 35.5. The summed E-state index contributed by atoms with van der Waals surface area (Å²) in [5, 5.41) is 4.56. The van der Waals surface area contributed by atoms with Crippen molar-refractivity contribution >= 4 is 11.6 Å². The number of nitrogens with one attached hydrogen (secondary N) is 1. The second-order valence-electron chi connectivity index (χ2n) is 7.62. The third-order valence-electron chi connectivity index (χ3n) is 3.84. The summed E-state index contributed by atoms with van der Waals surface area (Å²) in [7, 11) is 0. The maximum absolute atomic E-state index is 6.31. The Kier molecular flexibility index (Phi) is 7.23. The second kappa shape index (κ2) is 8.19. The van der Waals surface area contributed by atoms with Gasteiger partial charge in [-0.3, -0.25) is 0 Å². The normalized spacial score (nSPS) is 15.0. The van der Waals surface area contributed by atoms with Crippen LogP contribution in [-0.2, 0) is 0 Å². The minimum absolute atomic E-state index is 0.389. The van der Waals surface area contributed by atoms with E-state index in [1.165, 1.54) is 12.0 Å². The van der Waals surface area contributed by atoms with E-state index in [0.29, 0.717) is 17.4 Å². The van der Waals surface area contributed by atoms with Crippen LogP contribution in [0.15, 0.2) is 18.2 Å². The molecular formula is C19H32ClN. The lowest BCUT2D eigenvalue weighted by Gasteiger charge is -2.28. The molecule has 0 aliphatic heterocycles. The van der Waals surface area contributed by atoms with E-state index in [0.717, 1.165) is 30.0 Å². The summed E-state index contributed by atoms with van der Waals surface area (Å²) in [6.45, 7) is 14.6. The van der Waals surface area contributed by atoms with E-state index in [4.69, 9.17) is 11.6 Å². The molecule has 0 heterocycles. The van der Waals surface area contributed by atoms with Crippen molar-refractivity contribution in [1.82, 2.24) is 5.32 Å². The van der Waals surface area contributed by atoms with Gasteiger partial charge in [-0.1, -0.05) is 58.4 Å². The van der Waals surface area contributed by atoms with Crippen molar-refractivity contribution in [3.05, 3.63) is 34.3 Å². The van der Waals surface area contributed by atoms with Gasteiger partial charge in [0.15, 0.2) is 0 Å². The molecule has 21 heavy (non-hydrogen) atoms. The molecular weight excluding hydrogens is 278 g/mol. The first kappa shape index (κ1) is 18.5. The van der Waals surface area contributed by atoms with Crippen LogP contribution in [0.4, 0.5) is 0 Å². The molecule has 2 atom stereocenters. The minimum Gasteiger partial charge on any atom is -0.310 e. The molecule has 1 N–H and O–H groups in total. The quantitative estimate of drug-likeness (QED) is 0.636. The lowest BCUT2D eigenvalue weighted by atomic mass is 9.82. The standard InChI is InChI=1S/C19H32ClN/c1-7-10-21-18(11-14(2)13-19(4,5)6)16-9-8-15(3)17(20)12-16/h8-9,12,14,18,21H,7,10-11,13H2,1-6H3. The molecule has 1 nitrogen and oxygen atoms in total. The Bertz CT molecular complexity index is 434. The number of hydrogen-bond acceptors (Lipinski definition) is 1. The largest absolute Gasteiger partial charge is 0.310 e. The zero-order valence-corrected chi connectivity index (χ0v) is 15.3. The lowest BCUT2D eigenvalue weighted by Crippen LogP contribution is -2.25. The van der Waals surface area contributed by atoms with E-state index in [-0.39, 0.29) is 0 Å². The first-order chi connectivity index (χ1) is 9.73. The van der Waals surface area contributed by atoms with Crippen LogP contribution >= 0.6 is 11.6 Å². The van der Waals surface area contributed by atoms with Crippen molar-refractivity contribution in [2.45, 2.75) is 66.8 Å². The van der Waals surface area contributed by atoms with E-state index in [2.05, 4.69) is 65.1 Å². The number of halogens is 1. The average Bonchev–Trinajstić information content (AvgIpc) is 2.35. The summed E-state index contributed by atoms with van der Waals surface area (Å²) in [6.07, 6.45) is 3.57. The summed E-state index contributed by atoms with van der Waals surface area (Å²) in [4.78, 5) is 0. The van der Waals surface area contributed by atoms with Gasteiger partial charge >= 0.3 is 0 Å². The SMILES string of the molecule is CCCNC(CC(C)CC(C)(C)C)c1ccc(C)c(Cl)c1. The molecule has 0 aliphatic carbocycles. The fourth-order valence-corrected chi connectivity index (χ4v) is 3.20. The van der Waals surface area contributed by atoms with Crippen LogP contribution in [0.3, 0.4) is 0 Å². The monoisotopic (exact) mass is 309 g/mol. The molecule has 1 rings (SSSR count). The average molecular weight is 310 g/mol. The molecule has 0 saturated heterocycles. The molecule has 2 unspecified atom stereocenters. The number of hydrogen-bond donors (Lipinski definition) is 1. The maximum Gasteiger partial charge on any atom is 0.0438 e. The predicted octanol–water partition coefficient (Wildman–Crippen LogP) is 6.15. The van der Waals surface area contributed by atoms with E-state index < -0.39 is 0 Å². The van der Waals surface area contributed by atoms with Crippen molar-refractivity contribution in [3.63, 3.8) is 0 Å². The van der Waals surface area contributed by atoms with Gasteiger partial charge in [0.1, 0.15) is 0 Å². The van der Waals surface area contributed by atoms with Gasteiger partial charge < -0.3 is 5.32 Å². The second-order valence-corrected chi connectivity index (χ2v) is 8.03. The van der Waals surface area contributed by atoms with Gasteiger partial charge in [0.05, 0.1) is 0 Å². The van der Waals surface area contributed by atoms with Crippen molar-refractivity contribution in [1.29, 1.82) is 0 Å². The molecule has 2 heteroatoms. The van der Waals surface area contributed by atoms with Crippen LogP contribution in [0.5, 0.6) is 0 Å². The molecule has 1 aromatic rings. The molecule has 0 saturated carbocycles. The van der Waals surface area contributed by atoms with Crippen LogP contribution in [0.2, 0.25) is 5.02 Å². The summed E-state index contributed by atoms with van der Waals surface area (Å²) < 4.78 is 0. The molecule has 0 aliphatic rings. The van der Waals surface area contributed by atoms with Crippen LogP contribution in [-0.4, -0.2) is 6.54 Å². The Morgan fingerprint density at radius 1 is 1.24 bits per heavy atom. The minimum atomic E-state index is 0.389. The number of benzene rings is 1. The lowest BCUT2D eigenvalue weighted by molar-refractivity contribution is 0.276. The highest BCUT2D eigenvalue weighted by Crippen LogP contribution is 2.31. The summed E-state index contributed by atoms with van der Waals surface area (Å²) in [6, 6.07) is 6.89. The Hall–Kier alpha value is -0.530. The van der Waals surface area contributed by atoms with Crippen molar-refractivity contribution < 1.29 is 0 Å². The van der Waals surface area contributed by atoms with Crippen molar-refractivity contribution in [2.24, 2.45) is 11.3 Å². The molecule has 120 valence electrons. The Labute approximate surface area is 136 Å². The Morgan fingerprint density at radius 2 is 1.90 bits per heavy atom. The zero-order valence-electron chi connectivity index (χ0n) is 14.6. The molecule has 0 radical (unpaired) electrons. The predicted molar refractivity (Wildman–Crippen MR) is 95.1 cm³/mol. The van der Waals surface area contributed by atoms with Crippen molar-refractivity contribution in [2.75, 3.05) is 6.54 Å². The van der Waals surface area contributed by atoms with Crippen LogP contribution in [0.1, 0.15) is 71.0 Å². The molecule has 0 spiro atoms. The molecule has 1 aromatic carbocycles.